The summed E-state index contributed by atoms with van der Waals surface area (Å²) in [4.78, 5) is 12.1. The number of nitrogens with zero attached hydrogens (tertiary/aromatic N) is 2. The number of benzene rings is 1. The molecule has 0 saturated carbocycles. The molecule has 0 unspecified atom stereocenters. The molecule has 1 aromatic carbocycles. The van der Waals surface area contributed by atoms with Crippen molar-refractivity contribution in [3.8, 4) is 0 Å². The minimum absolute atomic E-state index is 0.128. The van der Waals surface area contributed by atoms with Gasteiger partial charge in [0, 0.05) is 0 Å². The van der Waals surface area contributed by atoms with Gasteiger partial charge in [-0.1, -0.05) is 11.6 Å². The maximum atomic E-state index is 12.1. The summed E-state index contributed by atoms with van der Waals surface area (Å²) in [6, 6.07) is 3.49. The predicted molar refractivity (Wildman–Crippen MR) is 74.6 cm³/mol. The Morgan fingerprint density at radius 1 is 1.47 bits per heavy atom. The molecule has 0 radical (unpaired) electrons. The van der Waals surface area contributed by atoms with Crippen LogP contribution >= 0.6 is 23.3 Å². The molecule has 1 amide bonds. The monoisotopic (exact) mass is 297 g/mol. The van der Waals surface area contributed by atoms with Crippen LogP contribution in [0.3, 0.4) is 0 Å². The van der Waals surface area contributed by atoms with Gasteiger partial charge in [0.05, 0.1) is 28.5 Å². The SMILES string of the molecule is C[C@@H]1CC[C@H](C(=O)Nc2c(Cl)ccc3nsnc23)O1. The first-order valence-corrected chi connectivity index (χ1v) is 7.13. The number of rotatable bonds is 2. The van der Waals surface area contributed by atoms with Gasteiger partial charge in [-0.3, -0.25) is 4.79 Å². The second-order valence-corrected chi connectivity index (χ2v) is 5.49. The van der Waals surface area contributed by atoms with Crippen LogP contribution in [0.25, 0.3) is 11.0 Å². The quantitative estimate of drug-likeness (QED) is 0.926. The molecule has 3 rings (SSSR count). The van der Waals surface area contributed by atoms with Crippen LogP contribution in [0.1, 0.15) is 19.8 Å². The van der Waals surface area contributed by atoms with E-state index in [0.717, 1.165) is 30.1 Å². The summed E-state index contributed by atoms with van der Waals surface area (Å²) in [5, 5.41) is 3.27. The van der Waals surface area contributed by atoms with Gasteiger partial charge in [0.25, 0.3) is 5.91 Å². The summed E-state index contributed by atoms with van der Waals surface area (Å²) in [6.45, 7) is 1.96. The number of carbonyl (C=O) groups excluding carboxylic acids is 1. The van der Waals surface area contributed by atoms with E-state index in [9.17, 15) is 4.79 Å². The van der Waals surface area contributed by atoms with E-state index in [1.165, 1.54) is 0 Å². The van der Waals surface area contributed by atoms with E-state index in [1.807, 2.05) is 6.92 Å². The smallest absolute Gasteiger partial charge is 0.253 e. The molecule has 1 aliphatic heterocycles. The molecule has 0 bridgehead atoms. The van der Waals surface area contributed by atoms with Gasteiger partial charge in [-0.25, -0.2) is 0 Å². The molecule has 1 aliphatic rings. The minimum Gasteiger partial charge on any atom is -0.365 e. The Labute approximate surface area is 119 Å². The Hall–Kier alpha value is -1.24. The van der Waals surface area contributed by atoms with Crippen molar-refractivity contribution >= 4 is 46.0 Å². The molecular formula is C12H12ClN3O2S. The summed E-state index contributed by atoms with van der Waals surface area (Å²) >= 11 is 7.22. The van der Waals surface area contributed by atoms with Gasteiger partial charge in [-0.15, -0.1) is 0 Å². The van der Waals surface area contributed by atoms with Crippen LogP contribution in [0.2, 0.25) is 5.02 Å². The Morgan fingerprint density at radius 3 is 3.05 bits per heavy atom. The molecule has 100 valence electrons. The fraction of sp³-hybridized carbons (Fsp3) is 0.417. The molecule has 2 heterocycles. The lowest BCUT2D eigenvalue weighted by molar-refractivity contribution is -0.126. The third-order valence-electron chi connectivity index (χ3n) is 3.15. The molecule has 1 aromatic heterocycles. The van der Waals surface area contributed by atoms with E-state index in [2.05, 4.69) is 14.1 Å². The number of aromatic nitrogens is 2. The first kappa shape index (κ1) is 12.8. The molecule has 2 aromatic rings. The lowest BCUT2D eigenvalue weighted by Crippen LogP contribution is -2.27. The van der Waals surface area contributed by atoms with Crippen LogP contribution in [0.15, 0.2) is 12.1 Å². The number of halogens is 1. The molecule has 2 atom stereocenters. The highest BCUT2D eigenvalue weighted by atomic mass is 35.5. The normalized spacial score (nSPS) is 22.8. The lowest BCUT2D eigenvalue weighted by Gasteiger charge is -2.12. The van der Waals surface area contributed by atoms with E-state index in [-0.39, 0.29) is 12.0 Å². The van der Waals surface area contributed by atoms with E-state index >= 15 is 0 Å². The van der Waals surface area contributed by atoms with Crippen molar-refractivity contribution in [2.24, 2.45) is 0 Å². The number of hydrogen-bond acceptors (Lipinski definition) is 5. The number of carbonyl (C=O) groups is 1. The van der Waals surface area contributed by atoms with Crippen molar-refractivity contribution in [3.63, 3.8) is 0 Å². The predicted octanol–water partition coefficient (Wildman–Crippen LogP) is 2.85. The van der Waals surface area contributed by atoms with Gasteiger partial charge in [-0.05, 0) is 31.9 Å². The summed E-state index contributed by atoms with van der Waals surface area (Å²) in [7, 11) is 0. The average Bonchev–Trinajstić information content (AvgIpc) is 3.01. The molecule has 1 saturated heterocycles. The highest BCUT2D eigenvalue weighted by Crippen LogP contribution is 2.31. The van der Waals surface area contributed by atoms with Crippen LogP contribution < -0.4 is 5.32 Å². The van der Waals surface area contributed by atoms with E-state index in [4.69, 9.17) is 16.3 Å². The Balaban J connectivity index is 1.86. The van der Waals surface area contributed by atoms with Crippen molar-refractivity contribution in [3.05, 3.63) is 17.2 Å². The average molecular weight is 298 g/mol. The van der Waals surface area contributed by atoms with E-state index in [0.29, 0.717) is 16.2 Å². The standard InChI is InChI=1S/C12H12ClN3O2S/c1-6-2-5-9(18-6)12(17)14-10-7(13)3-4-8-11(10)16-19-15-8/h3-4,6,9H,2,5H2,1H3,(H,14,17)/t6-,9-/m1/s1. The maximum Gasteiger partial charge on any atom is 0.253 e. The Bertz CT molecular complexity index is 630. The molecule has 0 aliphatic carbocycles. The zero-order chi connectivity index (χ0) is 13.4. The summed E-state index contributed by atoms with van der Waals surface area (Å²) in [6.07, 6.45) is 1.35. The Kier molecular flexibility index (Phi) is 3.38. The minimum atomic E-state index is -0.409. The van der Waals surface area contributed by atoms with Crippen molar-refractivity contribution in [2.75, 3.05) is 5.32 Å². The van der Waals surface area contributed by atoms with Gasteiger partial charge in [0.1, 0.15) is 17.1 Å². The molecule has 1 fully saturated rings. The van der Waals surface area contributed by atoms with E-state index in [1.54, 1.807) is 12.1 Å². The van der Waals surface area contributed by atoms with Crippen LogP contribution in [0.5, 0.6) is 0 Å². The third kappa shape index (κ3) is 2.43. The van der Waals surface area contributed by atoms with Crippen LogP contribution in [-0.2, 0) is 9.53 Å². The number of ether oxygens (including phenoxy) is 1. The molecule has 5 nitrogen and oxygen atoms in total. The molecule has 7 heteroatoms. The number of anilines is 1. The lowest BCUT2D eigenvalue weighted by atomic mass is 10.2. The van der Waals surface area contributed by atoms with Crippen molar-refractivity contribution in [2.45, 2.75) is 32.0 Å². The molecule has 19 heavy (non-hydrogen) atoms. The zero-order valence-corrected chi connectivity index (χ0v) is 11.8. The van der Waals surface area contributed by atoms with Crippen LogP contribution in [0.4, 0.5) is 5.69 Å². The first-order chi connectivity index (χ1) is 9.15. The summed E-state index contributed by atoms with van der Waals surface area (Å²) in [5.41, 5.74) is 1.86. The number of amides is 1. The van der Waals surface area contributed by atoms with Crippen molar-refractivity contribution < 1.29 is 9.53 Å². The number of nitrogens with one attached hydrogen (secondary N) is 1. The third-order valence-corrected chi connectivity index (χ3v) is 4.01. The van der Waals surface area contributed by atoms with E-state index < -0.39 is 6.10 Å². The van der Waals surface area contributed by atoms with Gasteiger partial charge in [-0.2, -0.15) is 8.75 Å². The second-order valence-electron chi connectivity index (χ2n) is 4.56. The highest BCUT2D eigenvalue weighted by molar-refractivity contribution is 7.00. The zero-order valence-electron chi connectivity index (χ0n) is 10.2. The van der Waals surface area contributed by atoms with Crippen LogP contribution in [-0.4, -0.2) is 26.9 Å². The topological polar surface area (TPSA) is 64.1 Å². The molecule has 1 N–H and O–H groups in total. The fourth-order valence-corrected chi connectivity index (χ4v) is 2.89. The summed E-state index contributed by atoms with van der Waals surface area (Å²) < 4.78 is 13.8. The molecular weight excluding hydrogens is 286 g/mol. The number of fused-ring (bicyclic) bond motifs is 1. The number of hydrogen-bond donors (Lipinski definition) is 1. The van der Waals surface area contributed by atoms with Gasteiger partial charge < -0.3 is 10.1 Å². The van der Waals surface area contributed by atoms with Crippen molar-refractivity contribution in [1.82, 2.24) is 8.75 Å². The molecule has 0 spiro atoms. The van der Waals surface area contributed by atoms with Gasteiger partial charge >= 0.3 is 0 Å². The van der Waals surface area contributed by atoms with Gasteiger partial charge in [0.15, 0.2) is 0 Å². The maximum absolute atomic E-state index is 12.1. The first-order valence-electron chi connectivity index (χ1n) is 6.02. The summed E-state index contributed by atoms with van der Waals surface area (Å²) in [5.74, 6) is -0.174. The Morgan fingerprint density at radius 2 is 2.32 bits per heavy atom. The van der Waals surface area contributed by atoms with Gasteiger partial charge in [0.2, 0.25) is 0 Å². The van der Waals surface area contributed by atoms with Crippen molar-refractivity contribution in [1.29, 1.82) is 0 Å². The fourth-order valence-electron chi connectivity index (χ4n) is 2.14. The van der Waals surface area contributed by atoms with Crippen LogP contribution in [0, 0.1) is 0 Å². The second kappa shape index (κ2) is 5.03. The highest BCUT2D eigenvalue weighted by Gasteiger charge is 2.29. The largest absolute Gasteiger partial charge is 0.365 e.